The van der Waals surface area contributed by atoms with Crippen LogP contribution in [0.3, 0.4) is 0 Å². The number of methoxy groups -OCH3 is 6. The fourth-order valence-electron chi connectivity index (χ4n) is 4.13. The Balaban J connectivity index is 1.99. The van der Waals surface area contributed by atoms with Gasteiger partial charge in [0.2, 0.25) is 0 Å². The second-order valence-electron chi connectivity index (χ2n) is 7.45. The number of hydrogen-bond acceptors (Lipinski definition) is 6. The first-order valence-electron chi connectivity index (χ1n) is 10.5. The molecule has 6 heteroatoms. The zero-order valence-electron chi connectivity index (χ0n) is 19.6. The van der Waals surface area contributed by atoms with Gasteiger partial charge in [0, 0.05) is 29.2 Å². The van der Waals surface area contributed by atoms with Crippen molar-refractivity contribution in [2.75, 3.05) is 42.7 Å². The van der Waals surface area contributed by atoms with Gasteiger partial charge in [0.15, 0.2) is 23.0 Å². The van der Waals surface area contributed by atoms with Crippen LogP contribution >= 0.6 is 0 Å². The molecule has 0 aromatic heterocycles. The van der Waals surface area contributed by atoms with E-state index in [0.717, 1.165) is 35.5 Å². The highest BCUT2D eigenvalue weighted by Crippen LogP contribution is 2.44. The van der Waals surface area contributed by atoms with E-state index in [1.54, 1.807) is 42.7 Å². The Labute approximate surface area is 190 Å². The van der Waals surface area contributed by atoms with Gasteiger partial charge in [-0.2, -0.15) is 0 Å². The summed E-state index contributed by atoms with van der Waals surface area (Å²) in [5.74, 6) is 4.55. The maximum atomic E-state index is 5.70. The van der Waals surface area contributed by atoms with Crippen LogP contribution in [-0.2, 0) is 0 Å². The van der Waals surface area contributed by atoms with Crippen LogP contribution in [0.1, 0.15) is 29.9 Å². The van der Waals surface area contributed by atoms with Gasteiger partial charge in [-0.25, -0.2) is 0 Å². The molecular weight excluding hydrogens is 408 g/mol. The van der Waals surface area contributed by atoms with Crippen LogP contribution in [0.25, 0.3) is 6.08 Å². The molecule has 0 saturated carbocycles. The van der Waals surface area contributed by atoms with E-state index in [1.165, 1.54) is 0 Å². The van der Waals surface area contributed by atoms with Crippen molar-refractivity contribution in [2.45, 2.75) is 18.8 Å². The monoisotopic (exact) mass is 440 g/mol. The van der Waals surface area contributed by atoms with Crippen LogP contribution < -0.4 is 28.4 Å². The van der Waals surface area contributed by atoms with Crippen molar-refractivity contribution >= 4 is 6.08 Å². The number of allylic oxidation sites excluding steroid dienone is 3. The smallest absolute Gasteiger partial charge is 0.164 e. The van der Waals surface area contributed by atoms with Crippen molar-refractivity contribution in [3.8, 4) is 34.5 Å². The van der Waals surface area contributed by atoms with Crippen LogP contribution in [0.4, 0.5) is 0 Å². The van der Waals surface area contributed by atoms with Gasteiger partial charge < -0.3 is 28.4 Å². The summed E-state index contributed by atoms with van der Waals surface area (Å²) < 4.78 is 33.1. The second kappa shape index (κ2) is 10.8. The molecule has 0 amide bonds. The maximum absolute atomic E-state index is 5.70. The van der Waals surface area contributed by atoms with E-state index in [-0.39, 0.29) is 11.8 Å². The molecule has 6 nitrogen and oxygen atoms in total. The molecular formula is C26H32O6. The number of ether oxygens (including phenoxy) is 6. The summed E-state index contributed by atoms with van der Waals surface area (Å²) >= 11 is 0. The van der Waals surface area contributed by atoms with Crippen LogP contribution in [0.5, 0.6) is 34.5 Å². The van der Waals surface area contributed by atoms with Crippen LogP contribution in [0.2, 0.25) is 0 Å². The third-order valence-electron chi connectivity index (χ3n) is 5.83. The van der Waals surface area contributed by atoms with Crippen LogP contribution in [-0.4, -0.2) is 42.7 Å². The summed E-state index contributed by atoms with van der Waals surface area (Å²) in [6, 6.07) is 7.66. The molecule has 172 valence electrons. The van der Waals surface area contributed by atoms with Crippen LogP contribution in [0, 0.1) is 5.92 Å². The molecule has 32 heavy (non-hydrogen) atoms. The molecule has 1 aliphatic rings. The Hall–Kier alpha value is -3.28. The predicted octanol–water partition coefficient (Wildman–Crippen LogP) is 5.50. The molecule has 2 atom stereocenters. The topological polar surface area (TPSA) is 55.4 Å². The van der Waals surface area contributed by atoms with Gasteiger partial charge in [-0.15, -0.1) is 0 Å². The van der Waals surface area contributed by atoms with E-state index < -0.39 is 0 Å². The van der Waals surface area contributed by atoms with Crippen molar-refractivity contribution < 1.29 is 28.4 Å². The van der Waals surface area contributed by atoms with Gasteiger partial charge in [-0.05, 0) is 30.9 Å². The Bertz CT molecular complexity index is 979. The molecule has 0 fully saturated rings. The second-order valence-corrected chi connectivity index (χ2v) is 7.45. The molecule has 3 rings (SSSR count). The van der Waals surface area contributed by atoms with Gasteiger partial charge in [-0.3, -0.25) is 0 Å². The highest BCUT2D eigenvalue weighted by atomic mass is 16.5. The van der Waals surface area contributed by atoms with Crippen molar-refractivity contribution in [1.82, 2.24) is 0 Å². The largest absolute Gasteiger partial charge is 0.496 e. The van der Waals surface area contributed by atoms with E-state index in [1.807, 2.05) is 24.3 Å². The highest BCUT2D eigenvalue weighted by Gasteiger charge is 2.26. The van der Waals surface area contributed by atoms with Gasteiger partial charge >= 0.3 is 0 Å². The Morgan fingerprint density at radius 3 is 1.78 bits per heavy atom. The fourth-order valence-corrected chi connectivity index (χ4v) is 4.13. The van der Waals surface area contributed by atoms with Gasteiger partial charge in [0.05, 0.1) is 42.7 Å². The molecule has 0 N–H and O–H groups in total. The zero-order chi connectivity index (χ0) is 23.1. The van der Waals surface area contributed by atoms with Crippen molar-refractivity contribution in [1.29, 1.82) is 0 Å². The first kappa shape index (κ1) is 23.4. The lowest BCUT2D eigenvalue weighted by molar-refractivity contribution is 0.345. The minimum Gasteiger partial charge on any atom is -0.496 e. The van der Waals surface area contributed by atoms with E-state index >= 15 is 0 Å². The average molecular weight is 441 g/mol. The summed E-state index contributed by atoms with van der Waals surface area (Å²) in [6.45, 7) is 0. The van der Waals surface area contributed by atoms with Crippen molar-refractivity contribution in [3.63, 3.8) is 0 Å². The van der Waals surface area contributed by atoms with Crippen molar-refractivity contribution in [2.24, 2.45) is 5.92 Å². The third kappa shape index (κ3) is 4.79. The number of benzene rings is 2. The standard InChI is InChI=1S/C26H32O6/c1-27-21-15-25(31-5)23(29-3)13-18(21)12-11-17-9-7-8-10-19(17)20-14-24(30-4)26(32-6)16-22(20)28-2/h8,10-17,19H,7,9H2,1-6H3. The first-order chi connectivity index (χ1) is 15.6. The molecule has 0 spiro atoms. The minimum atomic E-state index is 0.140. The molecule has 0 heterocycles. The summed E-state index contributed by atoms with van der Waals surface area (Å²) in [5.41, 5.74) is 1.99. The summed E-state index contributed by atoms with van der Waals surface area (Å²) in [6.07, 6.45) is 10.8. The lowest BCUT2D eigenvalue weighted by Gasteiger charge is -2.28. The SMILES string of the molecule is COc1cc(OC)c(OC)cc1C=CC1CCC=CC1c1cc(OC)c(OC)cc1OC. The van der Waals surface area contributed by atoms with E-state index in [0.29, 0.717) is 23.0 Å². The molecule has 0 radical (unpaired) electrons. The molecule has 1 aliphatic carbocycles. The average Bonchev–Trinajstić information content (AvgIpc) is 2.86. The fraction of sp³-hybridized carbons (Fsp3) is 0.385. The predicted molar refractivity (Wildman–Crippen MR) is 126 cm³/mol. The quantitative estimate of drug-likeness (QED) is 0.480. The normalized spacial score (nSPS) is 17.8. The third-order valence-corrected chi connectivity index (χ3v) is 5.83. The first-order valence-corrected chi connectivity index (χ1v) is 10.5. The highest BCUT2D eigenvalue weighted by molar-refractivity contribution is 5.64. The Morgan fingerprint density at radius 1 is 0.656 bits per heavy atom. The molecule has 2 aromatic carbocycles. The number of hydrogen-bond donors (Lipinski definition) is 0. The van der Waals surface area contributed by atoms with E-state index in [9.17, 15) is 0 Å². The Morgan fingerprint density at radius 2 is 1.19 bits per heavy atom. The maximum Gasteiger partial charge on any atom is 0.164 e. The van der Waals surface area contributed by atoms with Crippen LogP contribution in [0.15, 0.2) is 42.5 Å². The van der Waals surface area contributed by atoms with Gasteiger partial charge in [0.1, 0.15) is 11.5 Å². The summed E-state index contributed by atoms with van der Waals surface area (Å²) in [5, 5.41) is 0. The minimum absolute atomic E-state index is 0.140. The summed E-state index contributed by atoms with van der Waals surface area (Å²) in [4.78, 5) is 0. The lowest BCUT2D eigenvalue weighted by Crippen LogP contribution is -2.13. The molecule has 0 saturated heterocycles. The van der Waals surface area contributed by atoms with E-state index in [2.05, 4.69) is 24.3 Å². The lowest BCUT2D eigenvalue weighted by atomic mass is 9.78. The van der Waals surface area contributed by atoms with Gasteiger partial charge in [-0.1, -0.05) is 24.3 Å². The molecule has 0 aliphatic heterocycles. The zero-order valence-corrected chi connectivity index (χ0v) is 19.6. The Kier molecular flexibility index (Phi) is 7.92. The number of rotatable bonds is 9. The molecule has 2 aromatic rings. The van der Waals surface area contributed by atoms with Gasteiger partial charge in [0.25, 0.3) is 0 Å². The molecule has 2 unspecified atom stereocenters. The van der Waals surface area contributed by atoms with Crippen molar-refractivity contribution in [3.05, 3.63) is 53.6 Å². The summed E-state index contributed by atoms with van der Waals surface area (Å²) in [7, 11) is 9.84. The van der Waals surface area contributed by atoms with E-state index in [4.69, 9.17) is 28.4 Å². The molecule has 0 bridgehead atoms.